The number of rotatable bonds is 6. The number of amides is 1. The van der Waals surface area contributed by atoms with Gasteiger partial charge < -0.3 is 20.1 Å². The van der Waals surface area contributed by atoms with Gasteiger partial charge in [-0.05, 0) is 42.5 Å². The Morgan fingerprint density at radius 1 is 1.29 bits per heavy atom. The number of benzene rings is 2. The summed E-state index contributed by atoms with van der Waals surface area (Å²) in [6.45, 7) is 0.873. The van der Waals surface area contributed by atoms with E-state index < -0.39 is 12.1 Å². The van der Waals surface area contributed by atoms with Crippen LogP contribution >= 0.6 is 0 Å². The highest BCUT2D eigenvalue weighted by atomic mass is 16.6. The van der Waals surface area contributed by atoms with Gasteiger partial charge in [0.05, 0.1) is 25.8 Å². The number of nitrogens with two attached hydrogens (primary N) is 1. The Kier molecular flexibility index (Phi) is 5.49. The number of anilines is 2. The Hall–Kier alpha value is -3.55. The van der Waals surface area contributed by atoms with E-state index in [4.69, 9.17) is 20.6 Å². The second-order valence-electron chi connectivity index (χ2n) is 6.50. The molecule has 1 atom stereocenters. The van der Waals surface area contributed by atoms with Crippen LogP contribution in [0.1, 0.15) is 15.9 Å². The zero-order chi connectivity index (χ0) is 20.3. The number of ether oxygens (including phenoxy) is 2. The topological polar surface area (TPSA) is 109 Å². The number of cyclic esters (lactones) is 1. The van der Waals surface area contributed by atoms with Crippen LogP contribution in [0.2, 0.25) is 0 Å². The average molecular weight is 382 g/mol. The van der Waals surface area contributed by atoms with Gasteiger partial charge in [0.1, 0.15) is 11.9 Å². The van der Waals surface area contributed by atoms with Crippen LogP contribution in [0.4, 0.5) is 16.2 Å². The highest BCUT2D eigenvalue weighted by molar-refractivity contribution is 5.96. The average Bonchev–Trinajstić information content (AvgIpc) is 3.07. The number of carbonyl (C=O) groups excluding carboxylic acids is 2. The summed E-state index contributed by atoms with van der Waals surface area (Å²) in [7, 11) is 3.21. The van der Waals surface area contributed by atoms with Crippen molar-refractivity contribution in [1.29, 1.82) is 5.41 Å². The highest BCUT2D eigenvalue weighted by Gasteiger charge is 2.33. The predicted molar refractivity (Wildman–Crippen MR) is 106 cm³/mol. The lowest BCUT2D eigenvalue weighted by molar-refractivity contribution is 0.0600. The van der Waals surface area contributed by atoms with Gasteiger partial charge in [-0.25, -0.2) is 9.59 Å². The lowest BCUT2D eigenvalue weighted by atomic mass is 10.1. The van der Waals surface area contributed by atoms with Gasteiger partial charge in [0.15, 0.2) is 0 Å². The molecule has 1 amide bonds. The van der Waals surface area contributed by atoms with E-state index in [-0.39, 0.29) is 11.9 Å². The van der Waals surface area contributed by atoms with Crippen molar-refractivity contribution in [2.24, 2.45) is 5.73 Å². The van der Waals surface area contributed by atoms with Crippen molar-refractivity contribution in [3.05, 3.63) is 59.7 Å². The summed E-state index contributed by atoms with van der Waals surface area (Å²) >= 11 is 0. The SMILES string of the molecule is COC(=O)c1cccc(N(C)CC2CN(c3ccc(C(=N)N)cc3)C(=O)O2)c1. The molecule has 8 nitrogen and oxygen atoms in total. The lowest BCUT2D eigenvalue weighted by Gasteiger charge is -2.22. The van der Waals surface area contributed by atoms with Crippen molar-refractivity contribution in [1.82, 2.24) is 0 Å². The molecule has 146 valence electrons. The first-order valence-electron chi connectivity index (χ1n) is 8.71. The van der Waals surface area contributed by atoms with Gasteiger partial charge in [-0.1, -0.05) is 6.07 Å². The first kappa shape index (κ1) is 19.2. The number of hydrogen-bond donors (Lipinski definition) is 2. The number of nitrogens with one attached hydrogen (secondary N) is 1. The van der Waals surface area contributed by atoms with Crippen LogP contribution in [0.3, 0.4) is 0 Å². The largest absolute Gasteiger partial charge is 0.465 e. The number of methoxy groups -OCH3 is 1. The maximum absolute atomic E-state index is 12.3. The predicted octanol–water partition coefficient (Wildman–Crippen LogP) is 2.22. The number of likely N-dealkylation sites (N-methyl/N-ethyl adjacent to an activating group) is 1. The Labute approximate surface area is 162 Å². The summed E-state index contributed by atoms with van der Waals surface area (Å²) in [5.74, 6) is -0.424. The van der Waals surface area contributed by atoms with E-state index in [9.17, 15) is 9.59 Å². The van der Waals surface area contributed by atoms with E-state index in [1.54, 1.807) is 47.4 Å². The standard InChI is InChI=1S/C20H22N4O4/c1-23(16-5-3-4-14(10-16)19(25)27-2)11-17-12-24(20(26)28-17)15-8-6-13(7-9-15)18(21)22/h3-10,17H,11-12H2,1-2H3,(H3,21,22). The molecular formula is C20H22N4O4. The van der Waals surface area contributed by atoms with E-state index in [0.717, 1.165) is 5.69 Å². The summed E-state index contributed by atoms with van der Waals surface area (Å²) in [5, 5.41) is 7.44. The van der Waals surface area contributed by atoms with Gasteiger partial charge in [-0.3, -0.25) is 10.3 Å². The fraction of sp³-hybridized carbons (Fsp3) is 0.250. The molecule has 8 heteroatoms. The summed E-state index contributed by atoms with van der Waals surface area (Å²) in [4.78, 5) is 27.4. The van der Waals surface area contributed by atoms with Crippen LogP contribution in [-0.4, -0.2) is 51.2 Å². The Morgan fingerprint density at radius 3 is 2.64 bits per heavy atom. The minimum atomic E-state index is -0.419. The smallest absolute Gasteiger partial charge is 0.414 e. The zero-order valence-electron chi connectivity index (χ0n) is 15.7. The molecule has 2 aromatic rings. The van der Waals surface area contributed by atoms with E-state index in [2.05, 4.69) is 0 Å². The Balaban J connectivity index is 1.67. The van der Waals surface area contributed by atoms with Crippen molar-refractivity contribution in [3.8, 4) is 0 Å². The van der Waals surface area contributed by atoms with Crippen molar-refractivity contribution in [3.63, 3.8) is 0 Å². The van der Waals surface area contributed by atoms with E-state index >= 15 is 0 Å². The minimum absolute atomic E-state index is 0.0239. The summed E-state index contributed by atoms with van der Waals surface area (Å²) in [6, 6.07) is 14.0. The van der Waals surface area contributed by atoms with Crippen LogP contribution < -0.4 is 15.5 Å². The molecule has 1 unspecified atom stereocenters. The van der Waals surface area contributed by atoms with Crippen molar-refractivity contribution in [2.75, 3.05) is 37.0 Å². The highest BCUT2D eigenvalue weighted by Crippen LogP contribution is 2.24. The molecule has 1 fully saturated rings. The molecule has 0 bridgehead atoms. The third kappa shape index (κ3) is 4.06. The molecule has 1 aliphatic rings. The second-order valence-corrected chi connectivity index (χ2v) is 6.50. The summed E-state index contributed by atoms with van der Waals surface area (Å²) in [6.07, 6.45) is -0.746. The van der Waals surface area contributed by atoms with Gasteiger partial charge in [-0.15, -0.1) is 0 Å². The molecule has 1 heterocycles. The van der Waals surface area contributed by atoms with Gasteiger partial charge in [0, 0.05) is 24.0 Å². The second kappa shape index (κ2) is 7.99. The van der Waals surface area contributed by atoms with Gasteiger partial charge in [0.25, 0.3) is 0 Å². The molecule has 0 aliphatic carbocycles. The van der Waals surface area contributed by atoms with Gasteiger partial charge in [-0.2, -0.15) is 0 Å². The first-order chi connectivity index (χ1) is 13.4. The van der Waals surface area contributed by atoms with Crippen molar-refractivity contribution >= 4 is 29.3 Å². The summed E-state index contributed by atoms with van der Waals surface area (Å²) in [5.41, 5.74) is 8.02. The number of hydrogen-bond acceptors (Lipinski definition) is 6. The summed E-state index contributed by atoms with van der Waals surface area (Å²) < 4.78 is 10.2. The maximum atomic E-state index is 12.3. The molecule has 1 saturated heterocycles. The van der Waals surface area contributed by atoms with Crippen molar-refractivity contribution < 1.29 is 19.1 Å². The Morgan fingerprint density at radius 2 is 2.00 bits per heavy atom. The molecule has 28 heavy (non-hydrogen) atoms. The quantitative estimate of drug-likeness (QED) is 0.450. The molecule has 1 aliphatic heterocycles. The fourth-order valence-electron chi connectivity index (χ4n) is 3.05. The van der Waals surface area contributed by atoms with E-state index in [1.807, 2.05) is 18.0 Å². The van der Waals surface area contributed by atoms with Gasteiger partial charge >= 0.3 is 12.1 Å². The normalized spacial score (nSPS) is 15.9. The van der Waals surface area contributed by atoms with E-state index in [0.29, 0.717) is 29.9 Å². The number of carbonyl (C=O) groups is 2. The monoisotopic (exact) mass is 382 g/mol. The molecule has 2 aromatic carbocycles. The van der Waals surface area contributed by atoms with E-state index in [1.165, 1.54) is 7.11 Å². The maximum Gasteiger partial charge on any atom is 0.414 e. The van der Waals surface area contributed by atoms with Crippen LogP contribution in [0, 0.1) is 5.41 Å². The number of amidine groups is 1. The number of nitrogens with zero attached hydrogens (tertiary/aromatic N) is 2. The molecule has 3 N–H and O–H groups in total. The third-order valence-electron chi connectivity index (χ3n) is 4.55. The van der Waals surface area contributed by atoms with Crippen molar-refractivity contribution in [2.45, 2.75) is 6.10 Å². The molecule has 0 radical (unpaired) electrons. The van der Waals surface area contributed by atoms with Crippen LogP contribution in [-0.2, 0) is 9.47 Å². The lowest BCUT2D eigenvalue weighted by Crippen LogP contribution is -2.32. The van der Waals surface area contributed by atoms with Crippen LogP contribution in [0.15, 0.2) is 48.5 Å². The molecule has 0 saturated carbocycles. The Bertz CT molecular complexity index is 897. The first-order valence-corrected chi connectivity index (χ1v) is 8.71. The van der Waals surface area contributed by atoms with Gasteiger partial charge in [0.2, 0.25) is 0 Å². The van der Waals surface area contributed by atoms with Crippen LogP contribution in [0.25, 0.3) is 0 Å². The number of esters is 1. The fourth-order valence-corrected chi connectivity index (χ4v) is 3.05. The molecule has 0 spiro atoms. The zero-order valence-corrected chi connectivity index (χ0v) is 15.7. The molecule has 0 aromatic heterocycles. The number of nitrogen functional groups attached to an aromatic ring is 1. The van der Waals surface area contributed by atoms with Crippen LogP contribution in [0.5, 0.6) is 0 Å². The minimum Gasteiger partial charge on any atom is -0.465 e. The molecular weight excluding hydrogens is 360 g/mol. The third-order valence-corrected chi connectivity index (χ3v) is 4.55. The molecule has 3 rings (SSSR count).